The number of para-hydroxylation sites is 2. The van der Waals surface area contributed by atoms with E-state index in [0.717, 1.165) is 39.3 Å². The number of carbonyl (C=O) groups is 1. The number of nitrogens with one attached hydrogen (secondary N) is 2. The van der Waals surface area contributed by atoms with Crippen LogP contribution in [0.1, 0.15) is 41.5 Å². The molecule has 0 aromatic heterocycles. The minimum Gasteiger partial charge on any atom is -0.493 e. The lowest BCUT2D eigenvalue weighted by atomic mass is 9.78. The Hall–Kier alpha value is -4.22. The molecule has 4 aromatic rings. The molecular weight excluding hydrogens is 508 g/mol. The smallest absolute Gasteiger partial charge is 0.163 e. The van der Waals surface area contributed by atoms with Crippen molar-refractivity contribution in [2.45, 2.75) is 31.4 Å². The summed E-state index contributed by atoms with van der Waals surface area (Å²) in [4.78, 5) is 13.9. The Morgan fingerprint density at radius 3 is 2.38 bits per heavy atom. The van der Waals surface area contributed by atoms with Gasteiger partial charge in [0.1, 0.15) is 6.61 Å². The van der Waals surface area contributed by atoms with Crippen molar-refractivity contribution in [2.75, 3.05) is 17.7 Å². The Kier molecular flexibility index (Phi) is 6.99. The van der Waals surface area contributed by atoms with Gasteiger partial charge < -0.3 is 20.1 Å². The molecule has 0 saturated carbocycles. The number of Topliss-reactive ketones (excluding diaryl/α,β-unsaturated/α-hetero) is 1. The van der Waals surface area contributed by atoms with E-state index in [1.807, 2.05) is 97.1 Å². The fourth-order valence-electron chi connectivity index (χ4n) is 5.49. The number of hydrogen-bond donors (Lipinski definition) is 2. The molecule has 0 spiro atoms. The van der Waals surface area contributed by atoms with Crippen LogP contribution >= 0.6 is 11.6 Å². The molecule has 0 amide bonds. The third-order valence-corrected chi connectivity index (χ3v) is 7.76. The van der Waals surface area contributed by atoms with Crippen LogP contribution in [0.15, 0.2) is 108 Å². The van der Waals surface area contributed by atoms with Crippen molar-refractivity contribution in [1.82, 2.24) is 0 Å². The zero-order valence-corrected chi connectivity index (χ0v) is 22.4. The second-order valence-electron chi connectivity index (χ2n) is 9.87. The van der Waals surface area contributed by atoms with Gasteiger partial charge in [-0.25, -0.2) is 0 Å². The van der Waals surface area contributed by atoms with Crippen LogP contribution in [0.2, 0.25) is 5.02 Å². The maximum Gasteiger partial charge on any atom is 0.163 e. The highest BCUT2D eigenvalue weighted by molar-refractivity contribution is 6.31. The van der Waals surface area contributed by atoms with E-state index in [1.165, 1.54) is 0 Å². The molecule has 39 heavy (non-hydrogen) atoms. The highest BCUT2D eigenvalue weighted by Crippen LogP contribution is 2.46. The fraction of sp³-hybridized carbons (Fsp3) is 0.182. The number of ether oxygens (including phenoxy) is 2. The lowest BCUT2D eigenvalue weighted by Gasteiger charge is -2.30. The standard InChI is InChI=1S/C33H29ClN2O3/c1-38-31-19-22(15-16-30(31)39-20-21-9-3-2-4-10-21)33-32-28(35-26-13-7-8-14-27(26)36-33)17-23(18-29(32)37)24-11-5-6-12-25(24)34/h2-16,19,23,33,35-36H,17-18,20H2,1H3. The monoisotopic (exact) mass is 536 g/mol. The second-order valence-corrected chi connectivity index (χ2v) is 10.3. The van der Waals surface area contributed by atoms with Crippen LogP contribution in [0.4, 0.5) is 11.4 Å². The normalized spacial score (nSPS) is 18.3. The number of hydrogen-bond acceptors (Lipinski definition) is 5. The van der Waals surface area contributed by atoms with E-state index in [4.69, 9.17) is 21.1 Å². The molecule has 4 aromatic carbocycles. The van der Waals surface area contributed by atoms with Gasteiger partial charge in [0.25, 0.3) is 0 Å². The average molecular weight is 537 g/mol. The van der Waals surface area contributed by atoms with Crippen molar-refractivity contribution in [3.05, 3.63) is 130 Å². The van der Waals surface area contributed by atoms with Crippen molar-refractivity contribution in [2.24, 2.45) is 0 Å². The minimum atomic E-state index is -0.354. The Bertz CT molecular complexity index is 1550. The highest BCUT2D eigenvalue weighted by Gasteiger charge is 2.36. The van der Waals surface area contributed by atoms with Crippen molar-refractivity contribution in [1.29, 1.82) is 0 Å². The van der Waals surface area contributed by atoms with Gasteiger partial charge in [0.2, 0.25) is 0 Å². The quantitative estimate of drug-likeness (QED) is 0.262. The molecule has 2 unspecified atom stereocenters. The van der Waals surface area contributed by atoms with E-state index in [0.29, 0.717) is 36.0 Å². The number of methoxy groups -OCH3 is 1. The molecule has 1 aliphatic heterocycles. The summed E-state index contributed by atoms with van der Waals surface area (Å²) in [5.41, 5.74) is 6.54. The molecule has 2 atom stereocenters. The molecule has 196 valence electrons. The third kappa shape index (κ3) is 5.10. The number of ketones is 1. The molecule has 6 rings (SSSR count). The average Bonchev–Trinajstić information content (AvgIpc) is 3.14. The van der Waals surface area contributed by atoms with E-state index in [9.17, 15) is 4.79 Å². The highest BCUT2D eigenvalue weighted by atomic mass is 35.5. The predicted octanol–water partition coefficient (Wildman–Crippen LogP) is 7.91. The van der Waals surface area contributed by atoms with Crippen LogP contribution < -0.4 is 20.1 Å². The number of allylic oxidation sites excluding steroid dienone is 1. The van der Waals surface area contributed by atoms with Gasteiger partial charge in [-0.3, -0.25) is 4.79 Å². The first-order valence-corrected chi connectivity index (χ1v) is 13.5. The molecule has 0 fully saturated rings. The first-order chi connectivity index (χ1) is 19.1. The van der Waals surface area contributed by atoms with Crippen LogP contribution in [0.5, 0.6) is 11.5 Å². The van der Waals surface area contributed by atoms with Gasteiger partial charge in [-0.2, -0.15) is 0 Å². The summed E-state index contributed by atoms with van der Waals surface area (Å²) in [5.74, 6) is 1.38. The minimum absolute atomic E-state index is 0.00617. The lowest BCUT2D eigenvalue weighted by molar-refractivity contribution is -0.116. The number of carbonyl (C=O) groups excluding carboxylic acids is 1. The molecule has 2 N–H and O–H groups in total. The maximum atomic E-state index is 13.9. The topological polar surface area (TPSA) is 59.6 Å². The summed E-state index contributed by atoms with van der Waals surface area (Å²) < 4.78 is 11.8. The molecule has 5 nitrogen and oxygen atoms in total. The molecule has 2 aliphatic rings. The number of fused-ring (bicyclic) bond motifs is 1. The maximum absolute atomic E-state index is 13.9. The van der Waals surface area contributed by atoms with Gasteiger partial charge in [0.15, 0.2) is 17.3 Å². The first kappa shape index (κ1) is 25.1. The van der Waals surface area contributed by atoms with Crippen LogP contribution in [0, 0.1) is 0 Å². The molecular formula is C33H29ClN2O3. The Balaban J connectivity index is 1.37. The molecule has 0 bridgehead atoms. The Morgan fingerprint density at radius 1 is 0.846 bits per heavy atom. The summed E-state index contributed by atoms with van der Waals surface area (Å²) in [6.07, 6.45) is 1.08. The lowest BCUT2D eigenvalue weighted by Crippen LogP contribution is -2.27. The van der Waals surface area contributed by atoms with Gasteiger partial charge in [0, 0.05) is 22.7 Å². The van der Waals surface area contributed by atoms with Gasteiger partial charge in [-0.1, -0.05) is 78.3 Å². The van der Waals surface area contributed by atoms with Crippen molar-refractivity contribution in [3.63, 3.8) is 0 Å². The van der Waals surface area contributed by atoms with Crippen molar-refractivity contribution >= 4 is 28.8 Å². The Morgan fingerprint density at radius 2 is 1.59 bits per heavy atom. The van der Waals surface area contributed by atoms with Gasteiger partial charge in [-0.05, 0) is 59.4 Å². The number of halogens is 1. The Labute approximate surface area is 233 Å². The SMILES string of the molecule is COc1cc(C2Nc3ccccc3NC3=C2C(=O)CC(c2ccccc2Cl)C3)ccc1OCc1ccccc1. The van der Waals surface area contributed by atoms with Crippen molar-refractivity contribution < 1.29 is 14.3 Å². The van der Waals surface area contributed by atoms with Crippen LogP contribution in [-0.4, -0.2) is 12.9 Å². The summed E-state index contributed by atoms with van der Waals surface area (Å²) in [7, 11) is 1.64. The van der Waals surface area contributed by atoms with Gasteiger partial charge in [-0.15, -0.1) is 0 Å². The molecule has 0 radical (unpaired) electrons. The molecule has 0 saturated heterocycles. The van der Waals surface area contributed by atoms with Gasteiger partial charge in [0.05, 0.1) is 24.5 Å². The van der Waals surface area contributed by atoms with E-state index in [1.54, 1.807) is 7.11 Å². The molecule has 1 aliphatic carbocycles. The fourth-order valence-corrected chi connectivity index (χ4v) is 5.78. The molecule has 1 heterocycles. The second kappa shape index (κ2) is 10.9. The third-order valence-electron chi connectivity index (χ3n) is 7.41. The van der Waals surface area contributed by atoms with E-state index < -0.39 is 0 Å². The van der Waals surface area contributed by atoms with Gasteiger partial charge >= 0.3 is 0 Å². The zero-order chi connectivity index (χ0) is 26.8. The van der Waals surface area contributed by atoms with Crippen LogP contribution in [0.3, 0.4) is 0 Å². The van der Waals surface area contributed by atoms with E-state index in [-0.39, 0.29) is 17.7 Å². The summed E-state index contributed by atoms with van der Waals surface area (Å²) in [6.45, 7) is 0.437. The zero-order valence-electron chi connectivity index (χ0n) is 21.6. The largest absolute Gasteiger partial charge is 0.493 e. The number of rotatable bonds is 6. The molecule has 6 heteroatoms. The van der Waals surface area contributed by atoms with E-state index >= 15 is 0 Å². The summed E-state index contributed by atoms with van der Waals surface area (Å²) >= 11 is 6.55. The number of benzene rings is 4. The van der Waals surface area contributed by atoms with Crippen LogP contribution in [0.25, 0.3) is 0 Å². The summed E-state index contributed by atoms with van der Waals surface area (Å²) in [5, 5.41) is 7.92. The summed E-state index contributed by atoms with van der Waals surface area (Å²) in [6, 6.07) is 31.4. The first-order valence-electron chi connectivity index (χ1n) is 13.1. The van der Waals surface area contributed by atoms with E-state index in [2.05, 4.69) is 10.6 Å². The predicted molar refractivity (Wildman–Crippen MR) is 156 cm³/mol. The van der Waals surface area contributed by atoms with Crippen LogP contribution in [-0.2, 0) is 11.4 Å². The number of anilines is 2. The van der Waals surface area contributed by atoms with Crippen molar-refractivity contribution in [3.8, 4) is 11.5 Å².